The fourth-order valence-electron chi connectivity index (χ4n) is 2.67. The molecule has 3 rings (SSSR count). The van der Waals surface area contributed by atoms with Crippen molar-refractivity contribution >= 4 is 16.5 Å². The molecule has 0 aliphatic carbocycles. The Morgan fingerprint density at radius 1 is 1.33 bits per heavy atom. The maximum absolute atomic E-state index is 4.81. The molecule has 2 aromatic heterocycles. The second-order valence-corrected chi connectivity index (χ2v) is 6.27. The van der Waals surface area contributed by atoms with Gasteiger partial charge in [0.25, 0.3) is 0 Å². The van der Waals surface area contributed by atoms with Crippen LogP contribution in [0.15, 0.2) is 6.07 Å². The van der Waals surface area contributed by atoms with Crippen molar-refractivity contribution in [1.82, 2.24) is 20.1 Å². The van der Waals surface area contributed by atoms with Gasteiger partial charge in [-0.3, -0.25) is 9.88 Å². The number of pyridine rings is 1. The second-order valence-electron chi connectivity index (χ2n) is 5.29. The highest BCUT2D eigenvalue weighted by Gasteiger charge is 2.19. The van der Waals surface area contributed by atoms with Gasteiger partial charge in [-0.25, -0.2) is 0 Å². The highest BCUT2D eigenvalue weighted by molar-refractivity contribution is 7.18. The number of nitrogens with zero attached hydrogens (tertiary/aromatic N) is 4. The van der Waals surface area contributed by atoms with Crippen LogP contribution in [0.4, 0.5) is 5.13 Å². The Hall–Kier alpha value is -1.53. The van der Waals surface area contributed by atoms with Gasteiger partial charge in [0.05, 0.1) is 0 Å². The average Bonchev–Trinajstić information content (AvgIpc) is 2.95. The Morgan fingerprint density at radius 3 is 2.95 bits per heavy atom. The molecule has 0 radical (unpaired) electrons. The van der Waals surface area contributed by atoms with Crippen LogP contribution < -0.4 is 5.32 Å². The van der Waals surface area contributed by atoms with E-state index >= 15 is 0 Å². The average molecular weight is 303 g/mol. The number of rotatable bonds is 4. The molecule has 0 amide bonds. The molecule has 6 heteroatoms. The van der Waals surface area contributed by atoms with Crippen molar-refractivity contribution in [3.8, 4) is 10.6 Å². The normalized spacial score (nSPS) is 15.0. The summed E-state index contributed by atoms with van der Waals surface area (Å²) in [7, 11) is 0. The van der Waals surface area contributed by atoms with Gasteiger partial charge in [0, 0.05) is 43.0 Å². The number of hydrogen-bond acceptors (Lipinski definition) is 6. The minimum absolute atomic E-state index is 0.863. The summed E-state index contributed by atoms with van der Waals surface area (Å²) in [6, 6.07) is 2.26. The molecule has 0 fully saturated rings. The van der Waals surface area contributed by atoms with Crippen LogP contribution in [0.5, 0.6) is 0 Å². The van der Waals surface area contributed by atoms with Crippen LogP contribution in [-0.4, -0.2) is 39.7 Å². The van der Waals surface area contributed by atoms with E-state index in [-0.39, 0.29) is 0 Å². The Kier molecular flexibility index (Phi) is 4.17. The first-order chi connectivity index (χ1) is 10.2. The molecular formula is C15H21N5S. The number of fused-ring (bicyclic) bond motifs is 1. The predicted molar refractivity (Wildman–Crippen MR) is 86.7 cm³/mol. The van der Waals surface area contributed by atoms with E-state index in [1.165, 1.54) is 11.3 Å². The lowest BCUT2D eigenvalue weighted by atomic mass is 10.0. The van der Waals surface area contributed by atoms with E-state index in [9.17, 15) is 0 Å². The number of anilines is 1. The maximum Gasteiger partial charge on any atom is 0.205 e. The summed E-state index contributed by atoms with van der Waals surface area (Å²) in [5.41, 5.74) is 4.76. The predicted octanol–water partition coefficient (Wildman–Crippen LogP) is 2.72. The van der Waals surface area contributed by atoms with E-state index in [2.05, 4.69) is 47.3 Å². The first-order valence-electron chi connectivity index (χ1n) is 7.50. The van der Waals surface area contributed by atoms with Crippen LogP contribution in [0.25, 0.3) is 10.6 Å². The molecule has 0 saturated heterocycles. The van der Waals surface area contributed by atoms with Crippen LogP contribution >= 0.6 is 11.3 Å². The molecule has 0 atom stereocenters. The van der Waals surface area contributed by atoms with E-state index in [1.54, 1.807) is 11.3 Å². The SMILES string of the molecule is CCNc1nnc(-c2cc3c(nc2C)CCN(CC)C3)s1. The smallest absolute Gasteiger partial charge is 0.205 e. The topological polar surface area (TPSA) is 53.9 Å². The van der Waals surface area contributed by atoms with Crippen molar-refractivity contribution < 1.29 is 0 Å². The van der Waals surface area contributed by atoms with Crippen molar-refractivity contribution in [2.24, 2.45) is 0 Å². The summed E-state index contributed by atoms with van der Waals surface area (Å²) >= 11 is 1.60. The molecule has 0 unspecified atom stereocenters. The molecule has 0 aromatic carbocycles. The number of hydrogen-bond donors (Lipinski definition) is 1. The van der Waals surface area contributed by atoms with E-state index in [0.717, 1.165) is 54.0 Å². The summed E-state index contributed by atoms with van der Waals surface area (Å²) in [6.45, 7) is 10.4. The molecule has 0 spiro atoms. The maximum atomic E-state index is 4.81. The number of aryl methyl sites for hydroxylation is 1. The lowest BCUT2D eigenvalue weighted by Crippen LogP contribution is -2.31. The highest BCUT2D eigenvalue weighted by atomic mass is 32.1. The Bertz CT molecular complexity index is 637. The van der Waals surface area contributed by atoms with E-state index in [4.69, 9.17) is 4.98 Å². The molecule has 1 N–H and O–H groups in total. The third-order valence-electron chi connectivity index (χ3n) is 3.87. The van der Waals surface area contributed by atoms with Crippen LogP contribution in [0, 0.1) is 6.92 Å². The monoisotopic (exact) mass is 303 g/mol. The Labute approximate surface area is 129 Å². The van der Waals surface area contributed by atoms with Crippen molar-refractivity contribution in [2.45, 2.75) is 33.7 Å². The zero-order valence-electron chi connectivity index (χ0n) is 12.8. The van der Waals surface area contributed by atoms with Crippen molar-refractivity contribution in [1.29, 1.82) is 0 Å². The second kappa shape index (κ2) is 6.07. The summed E-state index contributed by atoms with van der Waals surface area (Å²) in [5, 5.41) is 13.5. The van der Waals surface area contributed by atoms with Gasteiger partial charge < -0.3 is 5.32 Å². The first kappa shape index (κ1) is 14.4. The van der Waals surface area contributed by atoms with Gasteiger partial charge in [0.15, 0.2) is 5.01 Å². The molecule has 112 valence electrons. The lowest BCUT2D eigenvalue weighted by molar-refractivity contribution is 0.265. The van der Waals surface area contributed by atoms with E-state index in [1.807, 2.05) is 0 Å². The minimum atomic E-state index is 0.863. The van der Waals surface area contributed by atoms with E-state index < -0.39 is 0 Å². The number of likely N-dealkylation sites (N-methyl/N-ethyl adjacent to an activating group) is 1. The quantitative estimate of drug-likeness (QED) is 0.941. The molecule has 3 heterocycles. The van der Waals surface area contributed by atoms with Gasteiger partial charge in [0.1, 0.15) is 0 Å². The fourth-order valence-corrected chi connectivity index (χ4v) is 3.55. The van der Waals surface area contributed by atoms with Crippen molar-refractivity contribution in [3.05, 3.63) is 23.0 Å². The fraction of sp³-hybridized carbons (Fsp3) is 0.533. The van der Waals surface area contributed by atoms with Gasteiger partial charge in [-0.1, -0.05) is 18.3 Å². The molecule has 21 heavy (non-hydrogen) atoms. The summed E-state index contributed by atoms with van der Waals surface area (Å²) in [4.78, 5) is 7.26. The molecule has 1 aliphatic rings. The van der Waals surface area contributed by atoms with Crippen LogP contribution in [0.3, 0.4) is 0 Å². The number of aromatic nitrogens is 3. The Morgan fingerprint density at radius 2 is 2.19 bits per heavy atom. The number of nitrogens with one attached hydrogen (secondary N) is 1. The van der Waals surface area contributed by atoms with Crippen LogP contribution in [0.1, 0.15) is 30.8 Å². The summed E-state index contributed by atoms with van der Waals surface area (Å²) in [6.07, 6.45) is 1.04. The van der Waals surface area contributed by atoms with Gasteiger partial charge in [0.2, 0.25) is 5.13 Å². The van der Waals surface area contributed by atoms with Gasteiger partial charge in [-0.2, -0.15) is 0 Å². The van der Waals surface area contributed by atoms with Gasteiger partial charge in [-0.05, 0) is 32.0 Å². The first-order valence-corrected chi connectivity index (χ1v) is 8.32. The zero-order valence-corrected chi connectivity index (χ0v) is 13.6. The summed E-state index contributed by atoms with van der Waals surface area (Å²) < 4.78 is 0. The molecule has 1 aliphatic heterocycles. The molecule has 0 bridgehead atoms. The largest absolute Gasteiger partial charge is 0.360 e. The van der Waals surface area contributed by atoms with Gasteiger partial charge >= 0.3 is 0 Å². The highest BCUT2D eigenvalue weighted by Crippen LogP contribution is 2.31. The zero-order chi connectivity index (χ0) is 14.8. The molecule has 0 saturated carbocycles. The summed E-state index contributed by atoms with van der Waals surface area (Å²) in [5.74, 6) is 0. The minimum Gasteiger partial charge on any atom is -0.360 e. The molecular weight excluding hydrogens is 282 g/mol. The third-order valence-corrected chi connectivity index (χ3v) is 4.79. The van der Waals surface area contributed by atoms with Crippen molar-refractivity contribution in [3.63, 3.8) is 0 Å². The third kappa shape index (κ3) is 2.91. The standard InChI is InChI=1S/C15H21N5S/c1-4-16-15-19-18-14(21-15)12-8-11-9-20(5-2)7-6-13(11)17-10(12)3/h8H,4-7,9H2,1-3H3,(H,16,19). The lowest BCUT2D eigenvalue weighted by Gasteiger charge is -2.27. The van der Waals surface area contributed by atoms with Crippen molar-refractivity contribution in [2.75, 3.05) is 25.0 Å². The van der Waals surface area contributed by atoms with Gasteiger partial charge in [-0.15, -0.1) is 10.2 Å². The molecule has 2 aromatic rings. The molecule has 5 nitrogen and oxygen atoms in total. The Balaban J connectivity index is 1.95. The van der Waals surface area contributed by atoms with Crippen LogP contribution in [0.2, 0.25) is 0 Å². The van der Waals surface area contributed by atoms with Crippen LogP contribution in [-0.2, 0) is 13.0 Å². The van der Waals surface area contributed by atoms with E-state index in [0.29, 0.717) is 0 Å².